The van der Waals surface area contributed by atoms with E-state index in [1.54, 1.807) is 31.2 Å². The Balaban J connectivity index is 2.18. The summed E-state index contributed by atoms with van der Waals surface area (Å²) in [6.45, 7) is 1.81. The number of nitrogens with one attached hydrogen (secondary N) is 2. The Morgan fingerprint density at radius 2 is 1.86 bits per heavy atom. The van der Waals surface area contributed by atoms with Crippen LogP contribution in [0.2, 0.25) is 0 Å². The number of ether oxygens (including phenoxy) is 2. The molecule has 1 unspecified atom stereocenters. The molecule has 0 saturated heterocycles. The number of hydrogen-bond acceptors (Lipinski definition) is 6. The number of esters is 1. The first kappa shape index (κ1) is 19.1. The molecule has 2 amide bonds. The Labute approximate surface area is 161 Å². The van der Waals surface area contributed by atoms with Gasteiger partial charge in [-0.05, 0) is 48.9 Å². The molecule has 0 spiro atoms. The van der Waals surface area contributed by atoms with E-state index >= 15 is 0 Å². The van der Waals surface area contributed by atoms with Gasteiger partial charge in [0.05, 0.1) is 31.0 Å². The molecule has 2 aromatic carbocycles. The van der Waals surface area contributed by atoms with Crippen LogP contribution in [-0.4, -0.2) is 35.9 Å². The Morgan fingerprint density at radius 3 is 2.46 bits per heavy atom. The van der Waals surface area contributed by atoms with Crippen LogP contribution in [0.15, 0.2) is 48.0 Å². The molecule has 1 aliphatic heterocycles. The summed E-state index contributed by atoms with van der Waals surface area (Å²) in [5, 5.41) is 25.1. The minimum absolute atomic E-state index is 0.132. The van der Waals surface area contributed by atoms with E-state index < -0.39 is 18.0 Å². The number of hydrogen-bond donors (Lipinski definition) is 4. The number of methoxy groups -OCH3 is 1. The lowest BCUT2D eigenvalue weighted by Gasteiger charge is -2.30. The molecule has 28 heavy (non-hydrogen) atoms. The highest BCUT2D eigenvalue weighted by molar-refractivity contribution is 6.04. The SMILES string of the molecule is CCOC(=O)C1=C(c2ccc(OC)cc2)NC(=O)NC1c1ccc(O)cc1O. The third-order valence-electron chi connectivity index (χ3n) is 4.27. The van der Waals surface area contributed by atoms with Crippen molar-refractivity contribution in [2.45, 2.75) is 13.0 Å². The molecule has 0 aromatic heterocycles. The van der Waals surface area contributed by atoms with Crippen molar-refractivity contribution in [1.29, 1.82) is 0 Å². The van der Waals surface area contributed by atoms with E-state index in [-0.39, 0.29) is 34.9 Å². The monoisotopic (exact) mass is 384 g/mol. The number of carbonyl (C=O) groups is 2. The fraction of sp³-hybridized carbons (Fsp3) is 0.200. The highest BCUT2D eigenvalue weighted by Gasteiger charge is 2.35. The lowest BCUT2D eigenvalue weighted by molar-refractivity contribution is -0.138. The highest BCUT2D eigenvalue weighted by Crippen LogP contribution is 2.37. The zero-order valence-electron chi connectivity index (χ0n) is 15.4. The van der Waals surface area contributed by atoms with Crippen LogP contribution in [-0.2, 0) is 9.53 Å². The van der Waals surface area contributed by atoms with Crippen LogP contribution in [0.4, 0.5) is 4.79 Å². The quantitative estimate of drug-likeness (QED) is 0.588. The third-order valence-corrected chi connectivity index (χ3v) is 4.27. The first-order valence-electron chi connectivity index (χ1n) is 8.59. The summed E-state index contributed by atoms with van der Waals surface area (Å²) in [4.78, 5) is 25.0. The molecule has 3 rings (SSSR count). The maximum absolute atomic E-state index is 12.7. The van der Waals surface area contributed by atoms with Gasteiger partial charge in [-0.3, -0.25) is 0 Å². The molecule has 0 fully saturated rings. The lowest BCUT2D eigenvalue weighted by atomic mass is 9.92. The van der Waals surface area contributed by atoms with Gasteiger partial charge in [-0.2, -0.15) is 0 Å². The van der Waals surface area contributed by atoms with Gasteiger partial charge in [0, 0.05) is 11.6 Å². The molecule has 0 radical (unpaired) electrons. The Morgan fingerprint density at radius 1 is 1.14 bits per heavy atom. The Bertz CT molecular complexity index is 936. The standard InChI is InChI=1S/C20H20N2O6/c1-3-28-19(25)16-17(11-4-7-13(27-2)8-5-11)21-20(26)22-18(16)14-9-6-12(23)10-15(14)24/h4-10,18,23-24H,3H2,1-2H3,(H2,21,22,26). The molecule has 8 nitrogen and oxygen atoms in total. The van der Waals surface area contributed by atoms with Crippen molar-refractivity contribution in [3.8, 4) is 17.2 Å². The fourth-order valence-electron chi connectivity index (χ4n) is 2.99. The van der Waals surface area contributed by atoms with E-state index in [1.165, 1.54) is 19.2 Å². The van der Waals surface area contributed by atoms with Crippen LogP contribution in [0.1, 0.15) is 24.1 Å². The van der Waals surface area contributed by atoms with Gasteiger partial charge in [-0.15, -0.1) is 0 Å². The van der Waals surface area contributed by atoms with Gasteiger partial charge in [0.1, 0.15) is 17.2 Å². The summed E-state index contributed by atoms with van der Waals surface area (Å²) in [6.07, 6.45) is 0. The van der Waals surface area contributed by atoms with E-state index in [0.29, 0.717) is 11.3 Å². The number of phenolic OH excluding ortho intramolecular Hbond substituents is 2. The number of urea groups is 1. The number of carbonyl (C=O) groups excluding carboxylic acids is 2. The second-order valence-electron chi connectivity index (χ2n) is 6.01. The van der Waals surface area contributed by atoms with Crippen LogP contribution in [0.25, 0.3) is 5.70 Å². The summed E-state index contributed by atoms with van der Waals surface area (Å²) in [5.74, 6) is -0.421. The van der Waals surface area contributed by atoms with E-state index in [0.717, 1.165) is 6.07 Å². The molecule has 1 atom stereocenters. The summed E-state index contributed by atoms with van der Waals surface area (Å²) in [7, 11) is 1.54. The average Bonchev–Trinajstić information content (AvgIpc) is 2.67. The molecule has 1 heterocycles. The van der Waals surface area contributed by atoms with Crippen molar-refractivity contribution in [2.24, 2.45) is 0 Å². The number of aromatic hydroxyl groups is 2. The molecule has 8 heteroatoms. The Hall–Kier alpha value is -3.68. The van der Waals surface area contributed by atoms with Crippen molar-refractivity contribution in [1.82, 2.24) is 10.6 Å². The summed E-state index contributed by atoms with van der Waals surface area (Å²) >= 11 is 0. The van der Waals surface area contributed by atoms with E-state index in [1.807, 2.05) is 0 Å². The fourth-order valence-corrected chi connectivity index (χ4v) is 2.99. The van der Waals surface area contributed by atoms with Gasteiger partial charge in [0.25, 0.3) is 0 Å². The maximum Gasteiger partial charge on any atom is 0.338 e. The van der Waals surface area contributed by atoms with Crippen LogP contribution in [0.5, 0.6) is 17.2 Å². The normalized spacial score (nSPS) is 16.2. The number of amides is 2. The van der Waals surface area contributed by atoms with Gasteiger partial charge >= 0.3 is 12.0 Å². The largest absolute Gasteiger partial charge is 0.508 e. The van der Waals surface area contributed by atoms with Crippen LogP contribution >= 0.6 is 0 Å². The smallest absolute Gasteiger partial charge is 0.338 e. The second kappa shape index (κ2) is 7.91. The number of benzene rings is 2. The first-order valence-corrected chi connectivity index (χ1v) is 8.59. The molecular formula is C20H20N2O6. The topological polar surface area (TPSA) is 117 Å². The van der Waals surface area contributed by atoms with Gasteiger partial charge in [0.15, 0.2) is 0 Å². The van der Waals surface area contributed by atoms with Crippen molar-refractivity contribution >= 4 is 17.7 Å². The zero-order chi connectivity index (χ0) is 20.3. The minimum Gasteiger partial charge on any atom is -0.508 e. The van der Waals surface area contributed by atoms with Crippen molar-refractivity contribution in [2.75, 3.05) is 13.7 Å². The van der Waals surface area contributed by atoms with Crippen LogP contribution < -0.4 is 15.4 Å². The predicted octanol–water partition coefficient (Wildman–Crippen LogP) is 2.43. The predicted molar refractivity (Wildman–Crippen MR) is 101 cm³/mol. The van der Waals surface area contributed by atoms with Gasteiger partial charge < -0.3 is 30.3 Å². The minimum atomic E-state index is -0.967. The van der Waals surface area contributed by atoms with Gasteiger partial charge in [-0.25, -0.2) is 9.59 Å². The molecule has 2 aromatic rings. The first-order chi connectivity index (χ1) is 13.4. The van der Waals surface area contributed by atoms with E-state index in [4.69, 9.17) is 9.47 Å². The Kier molecular flexibility index (Phi) is 5.39. The lowest BCUT2D eigenvalue weighted by Crippen LogP contribution is -2.45. The molecule has 0 saturated carbocycles. The molecule has 0 aliphatic carbocycles. The molecule has 146 valence electrons. The van der Waals surface area contributed by atoms with Crippen molar-refractivity contribution in [3.63, 3.8) is 0 Å². The summed E-state index contributed by atoms with van der Waals surface area (Å²) in [6, 6.07) is 9.23. The summed E-state index contributed by atoms with van der Waals surface area (Å²) < 4.78 is 10.3. The van der Waals surface area contributed by atoms with E-state index in [2.05, 4.69) is 10.6 Å². The molecule has 0 bridgehead atoms. The number of phenols is 2. The van der Waals surface area contributed by atoms with Crippen LogP contribution in [0.3, 0.4) is 0 Å². The second-order valence-corrected chi connectivity index (χ2v) is 6.01. The van der Waals surface area contributed by atoms with Crippen molar-refractivity contribution in [3.05, 3.63) is 59.2 Å². The molecular weight excluding hydrogens is 364 g/mol. The average molecular weight is 384 g/mol. The number of rotatable bonds is 5. The van der Waals surface area contributed by atoms with Crippen LogP contribution in [0, 0.1) is 0 Å². The highest BCUT2D eigenvalue weighted by atomic mass is 16.5. The van der Waals surface area contributed by atoms with Gasteiger partial charge in [0.2, 0.25) is 0 Å². The third kappa shape index (κ3) is 3.71. The maximum atomic E-state index is 12.7. The van der Waals surface area contributed by atoms with Gasteiger partial charge in [-0.1, -0.05) is 0 Å². The molecule has 4 N–H and O–H groups in total. The zero-order valence-corrected chi connectivity index (χ0v) is 15.4. The van der Waals surface area contributed by atoms with E-state index in [9.17, 15) is 19.8 Å². The summed E-state index contributed by atoms with van der Waals surface area (Å²) in [5.41, 5.74) is 1.22. The molecule has 1 aliphatic rings. The van der Waals surface area contributed by atoms with Crippen molar-refractivity contribution < 1.29 is 29.3 Å².